The predicted octanol–water partition coefficient (Wildman–Crippen LogP) is 3.23. The van der Waals surface area contributed by atoms with Crippen molar-refractivity contribution in [3.05, 3.63) is 36.3 Å². The largest absolute Gasteiger partial charge is 0.479 e. The number of piperidine rings is 1. The van der Waals surface area contributed by atoms with Crippen molar-refractivity contribution in [3.8, 4) is 17.0 Å². The number of likely N-dealkylation sites (tertiary alicyclic amines) is 1. The van der Waals surface area contributed by atoms with E-state index in [9.17, 15) is 13.2 Å². The lowest BCUT2D eigenvalue weighted by Gasteiger charge is -2.42. The van der Waals surface area contributed by atoms with E-state index < -0.39 is 30.5 Å². The molecule has 37 heavy (non-hydrogen) atoms. The highest BCUT2D eigenvalue weighted by Gasteiger charge is 2.36. The Hall–Kier alpha value is -3.45. The predicted molar refractivity (Wildman–Crippen MR) is 127 cm³/mol. The molecule has 0 bridgehead atoms. The summed E-state index contributed by atoms with van der Waals surface area (Å²) in [7, 11) is 1.37. The van der Waals surface area contributed by atoms with Gasteiger partial charge in [0.05, 0.1) is 62.6 Å². The van der Waals surface area contributed by atoms with Gasteiger partial charge in [0.1, 0.15) is 23.9 Å². The Labute approximate surface area is 209 Å². The first-order valence-electron chi connectivity index (χ1n) is 12.0. The van der Waals surface area contributed by atoms with Gasteiger partial charge in [0.15, 0.2) is 11.6 Å². The molecule has 0 saturated carbocycles. The summed E-state index contributed by atoms with van der Waals surface area (Å²) in [5.41, 5.74) is 0.796. The van der Waals surface area contributed by atoms with Crippen molar-refractivity contribution >= 4 is 22.5 Å². The fraction of sp³-hybridized carbons (Fsp3) is 0.458. The standard InChI is InChI=1S/C24H25F4N7O2/c1-36-23-22-20(13-6-15(26)21-19(7-13)34(5-3-25)12-29-21)17(28)9-35(22)32-24(31-23)30-18-2-4-33(8-16(18)27)14-10-37-11-14/h6-7,9,12,14,16,18H,2-5,8,10-11H2,1H3,(H,30,32)/t16-,18-/m0/s1. The van der Waals surface area contributed by atoms with E-state index >= 15 is 4.39 Å². The molecule has 3 aromatic heterocycles. The van der Waals surface area contributed by atoms with Crippen LogP contribution in [-0.4, -0.2) is 87.4 Å². The van der Waals surface area contributed by atoms with Gasteiger partial charge in [-0.25, -0.2) is 27.1 Å². The zero-order valence-corrected chi connectivity index (χ0v) is 20.0. The van der Waals surface area contributed by atoms with Gasteiger partial charge in [0.25, 0.3) is 0 Å². The third kappa shape index (κ3) is 4.15. The monoisotopic (exact) mass is 519 g/mol. The molecule has 2 fully saturated rings. The first-order chi connectivity index (χ1) is 18.0. The maximum atomic E-state index is 15.3. The summed E-state index contributed by atoms with van der Waals surface area (Å²) in [6, 6.07) is 2.44. The van der Waals surface area contributed by atoms with E-state index in [2.05, 4.69) is 25.3 Å². The van der Waals surface area contributed by atoms with E-state index in [0.29, 0.717) is 31.7 Å². The Morgan fingerprint density at radius 3 is 2.76 bits per heavy atom. The van der Waals surface area contributed by atoms with Crippen molar-refractivity contribution in [2.24, 2.45) is 0 Å². The van der Waals surface area contributed by atoms with E-state index in [1.165, 1.54) is 22.5 Å². The highest BCUT2D eigenvalue weighted by Crippen LogP contribution is 2.36. The van der Waals surface area contributed by atoms with E-state index in [1.54, 1.807) is 6.07 Å². The van der Waals surface area contributed by atoms with Gasteiger partial charge in [-0.3, -0.25) is 4.90 Å². The van der Waals surface area contributed by atoms with Crippen molar-refractivity contribution in [2.75, 3.05) is 45.4 Å². The Balaban J connectivity index is 1.34. The first kappa shape index (κ1) is 23.9. The van der Waals surface area contributed by atoms with Crippen LogP contribution in [0.15, 0.2) is 24.7 Å². The number of fused-ring (bicyclic) bond motifs is 2. The number of imidazole rings is 1. The minimum absolute atomic E-state index is 0.0111. The van der Waals surface area contributed by atoms with Gasteiger partial charge in [-0.15, -0.1) is 5.10 Å². The number of nitrogens with zero attached hydrogens (tertiary/aromatic N) is 6. The fourth-order valence-electron chi connectivity index (χ4n) is 5.06. The highest BCUT2D eigenvalue weighted by molar-refractivity contribution is 5.90. The summed E-state index contributed by atoms with van der Waals surface area (Å²) in [4.78, 5) is 10.4. The SMILES string of the molecule is COc1nc(N[C@H]2CCN(C3COC3)C[C@@H]2F)nn2cc(F)c(-c3cc(F)c4ncn(CCF)c4c3)c12. The lowest BCUT2D eigenvalue weighted by atomic mass is 10.0. The third-order valence-electron chi connectivity index (χ3n) is 7.06. The second-order valence-electron chi connectivity index (χ2n) is 9.28. The second-order valence-corrected chi connectivity index (χ2v) is 9.28. The summed E-state index contributed by atoms with van der Waals surface area (Å²) in [5.74, 6) is -1.23. The summed E-state index contributed by atoms with van der Waals surface area (Å²) >= 11 is 0. The second kappa shape index (κ2) is 9.45. The number of alkyl halides is 2. The van der Waals surface area contributed by atoms with Gasteiger partial charge >= 0.3 is 0 Å². The average Bonchev–Trinajstić information content (AvgIpc) is 3.39. The van der Waals surface area contributed by atoms with E-state index in [1.807, 2.05) is 0 Å². The van der Waals surface area contributed by atoms with E-state index in [4.69, 9.17) is 9.47 Å². The maximum absolute atomic E-state index is 15.3. The molecule has 2 saturated heterocycles. The number of aryl methyl sites for hydroxylation is 1. The Morgan fingerprint density at radius 1 is 1.22 bits per heavy atom. The molecule has 13 heteroatoms. The molecule has 1 N–H and O–H groups in total. The Morgan fingerprint density at radius 2 is 2.05 bits per heavy atom. The van der Waals surface area contributed by atoms with Crippen LogP contribution in [0.3, 0.4) is 0 Å². The van der Waals surface area contributed by atoms with Gasteiger partial charge in [0, 0.05) is 13.1 Å². The van der Waals surface area contributed by atoms with Crippen molar-refractivity contribution < 1.29 is 27.0 Å². The molecule has 0 aliphatic carbocycles. The number of hydrogen-bond donors (Lipinski definition) is 1. The third-order valence-corrected chi connectivity index (χ3v) is 7.06. The van der Waals surface area contributed by atoms with Crippen LogP contribution < -0.4 is 10.1 Å². The fourth-order valence-corrected chi connectivity index (χ4v) is 5.06. The number of ether oxygens (including phenoxy) is 2. The van der Waals surface area contributed by atoms with Crippen molar-refractivity contribution in [1.29, 1.82) is 0 Å². The average molecular weight is 520 g/mol. The van der Waals surface area contributed by atoms with E-state index in [0.717, 1.165) is 12.3 Å². The number of rotatable bonds is 7. The normalized spacial score (nSPS) is 21.0. The maximum Gasteiger partial charge on any atom is 0.244 e. The topological polar surface area (TPSA) is 81.7 Å². The van der Waals surface area contributed by atoms with Crippen molar-refractivity contribution in [2.45, 2.75) is 31.2 Å². The molecule has 9 nitrogen and oxygen atoms in total. The molecule has 0 radical (unpaired) electrons. The van der Waals surface area contributed by atoms with E-state index in [-0.39, 0.29) is 53.1 Å². The van der Waals surface area contributed by atoms with Crippen LogP contribution in [0.1, 0.15) is 6.42 Å². The lowest BCUT2D eigenvalue weighted by molar-refractivity contribution is -0.0794. The molecule has 4 aromatic rings. The molecular formula is C24H25F4N7O2. The number of nitrogens with one attached hydrogen (secondary N) is 1. The lowest BCUT2D eigenvalue weighted by Crippen LogP contribution is -2.57. The Kier molecular flexibility index (Phi) is 6.11. The van der Waals surface area contributed by atoms with Crippen LogP contribution >= 0.6 is 0 Å². The molecule has 0 unspecified atom stereocenters. The minimum atomic E-state index is -1.15. The number of halogens is 4. The van der Waals surface area contributed by atoms with Gasteiger partial charge in [-0.05, 0) is 24.1 Å². The van der Waals surface area contributed by atoms with Crippen LogP contribution in [0.2, 0.25) is 0 Å². The molecule has 0 spiro atoms. The van der Waals surface area contributed by atoms with Crippen LogP contribution in [0.5, 0.6) is 5.88 Å². The number of hydrogen-bond acceptors (Lipinski definition) is 7. The summed E-state index contributed by atoms with van der Waals surface area (Å²) in [6.07, 6.45) is 1.86. The molecule has 2 atom stereocenters. The molecular weight excluding hydrogens is 494 g/mol. The van der Waals surface area contributed by atoms with Crippen molar-refractivity contribution in [1.82, 2.24) is 29.0 Å². The minimum Gasteiger partial charge on any atom is -0.479 e. The molecule has 0 amide bonds. The zero-order chi connectivity index (χ0) is 25.7. The molecule has 6 rings (SSSR count). The highest BCUT2D eigenvalue weighted by atomic mass is 19.1. The number of methoxy groups -OCH3 is 1. The molecule has 5 heterocycles. The van der Waals surface area contributed by atoms with Gasteiger partial charge < -0.3 is 19.4 Å². The molecule has 2 aliphatic heterocycles. The summed E-state index contributed by atoms with van der Waals surface area (Å²) in [6.45, 7) is 1.56. The number of aromatic nitrogens is 5. The molecule has 1 aromatic carbocycles. The quantitative estimate of drug-likeness (QED) is 0.376. The smallest absolute Gasteiger partial charge is 0.244 e. The summed E-state index contributed by atoms with van der Waals surface area (Å²) in [5, 5.41) is 7.36. The first-order valence-corrected chi connectivity index (χ1v) is 12.0. The van der Waals surface area contributed by atoms with Crippen LogP contribution in [0, 0.1) is 11.6 Å². The Bertz CT molecular complexity index is 1450. The van der Waals surface area contributed by atoms with Crippen LogP contribution in [-0.2, 0) is 11.3 Å². The van der Waals surface area contributed by atoms with Crippen molar-refractivity contribution in [3.63, 3.8) is 0 Å². The molecule has 196 valence electrons. The number of benzene rings is 1. The molecule has 2 aliphatic rings. The number of anilines is 1. The van der Waals surface area contributed by atoms with Gasteiger partial charge in [0.2, 0.25) is 11.8 Å². The zero-order valence-electron chi connectivity index (χ0n) is 20.0. The van der Waals surface area contributed by atoms with Gasteiger partial charge in [-0.1, -0.05) is 0 Å². The summed E-state index contributed by atoms with van der Waals surface area (Å²) < 4.78 is 71.4. The van der Waals surface area contributed by atoms with Crippen LogP contribution in [0.25, 0.3) is 27.7 Å². The van der Waals surface area contributed by atoms with Gasteiger partial charge in [-0.2, -0.15) is 4.98 Å². The van der Waals surface area contributed by atoms with Crippen LogP contribution in [0.4, 0.5) is 23.5 Å².